The third kappa shape index (κ3) is 3.01. The zero-order valence-corrected chi connectivity index (χ0v) is 11.8. The lowest BCUT2D eigenvalue weighted by molar-refractivity contribution is 0.572. The molecule has 0 aliphatic rings. The van der Waals surface area contributed by atoms with Crippen LogP contribution in [0.4, 0.5) is 0 Å². The van der Waals surface area contributed by atoms with Gasteiger partial charge < -0.3 is 10.3 Å². The fourth-order valence-corrected chi connectivity index (χ4v) is 2.36. The largest absolute Gasteiger partial charge is 0.322 e. The summed E-state index contributed by atoms with van der Waals surface area (Å²) in [5, 5.41) is 4.42. The molecule has 0 aliphatic carbocycles. The molecular formula is C17H17N3O. The Balaban J connectivity index is 1.79. The minimum Gasteiger partial charge on any atom is -0.322 e. The molecule has 1 atom stereocenters. The summed E-state index contributed by atoms with van der Waals surface area (Å²) >= 11 is 0. The summed E-state index contributed by atoms with van der Waals surface area (Å²) in [5.41, 5.74) is 2.73. The summed E-state index contributed by atoms with van der Waals surface area (Å²) in [6, 6.07) is 13.9. The van der Waals surface area contributed by atoms with Crippen LogP contribution in [0.15, 0.2) is 59.7 Å². The van der Waals surface area contributed by atoms with Gasteiger partial charge in [-0.15, -0.1) is 0 Å². The molecule has 2 aromatic heterocycles. The van der Waals surface area contributed by atoms with Crippen molar-refractivity contribution in [1.29, 1.82) is 0 Å². The van der Waals surface area contributed by atoms with Gasteiger partial charge in [-0.1, -0.05) is 18.2 Å². The summed E-state index contributed by atoms with van der Waals surface area (Å²) in [6.45, 7) is 2.61. The Bertz CT molecular complexity index is 796. The molecule has 0 unspecified atom stereocenters. The second-order valence-electron chi connectivity index (χ2n) is 5.09. The Labute approximate surface area is 122 Å². The van der Waals surface area contributed by atoms with Crippen LogP contribution in [0.2, 0.25) is 0 Å². The van der Waals surface area contributed by atoms with Gasteiger partial charge in [-0.3, -0.25) is 9.78 Å². The van der Waals surface area contributed by atoms with Crippen molar-refractivity contribution in [2.75, 3.05) is 0 Å². The van der Waals surface area contributed by atoms with Crippen LogP contribution in [0.1, 0.15) is 24.1 Å². The minimum absolute atomic E-state index is 0.0388. The average Bonchev–Trinajstić information content (AvgIpc) is 2.53. The Morgan fingerprint density at radius 2 is 1.95 bits per heavy atom. The second kappa shape index (κ2) is 5.89. The topological polar surface area (TPSA) is 57.8 Å². The van der Waals surface area contributed by atoms with Crippen LogP contribution in [0.5, 0.6) is 0 Å². The van der Waals surface area contributed by atoms with Crippen LogP contribution >= 0.6 is 0 Å². The molecule has 2 heterocycles. The lowest BCUT2D eigenvalue weighted by Crippen LogP contribution is -2.23. The fraction of sp³-hybridized carbons (Fsp3) is 0.176. The third-order valence-electron chi connectivity index (χ3n) is 3.64. The first-order valence-electron chi connectivity index (χ1n) is 6.98. The van der Waals surface area contributed by atoms with Gasteiger partial charge in [-0.05, 0) is 42.1 Å². The lowest BCUT2D eigenvalue weighted by Gasteiger charge is -2.13. The van der Waals surface area contributed by atoms with Crippen LogP contribution in [-0.2, 0) is 6.54 Å². The van der Waals surface area contributed by atoms with Gasteiger partial charge in [0, 0.05) is 36.1 Å². The normalized spacial score (nSPS) is 12.4. The number of para-hydroxylation sites is 1. The highest BCUT2D eigenvalue weighted by Crippen LogP contribution is 2.13. The number of H-pyrrole nitrogens is 1. The molecule has 0 fully saturated rings. The second-order valence-corrected chi connectivity index (χ2v) is 5.09. The van der Waals surface area contributed by atoms with E-state index in [-0.39, 0.29) is 11.6 Å². The zero-order chi connectivity index (χ0) is 14.7. The maximum absolute atomic E-state index is 12.1. The number of nitrogens with one attached hydrogen (secondary N) is 2. The van der Waals surface area contributed by atoms with E-state index in [0.717, 1.165) is 22.0 Å². The number of aromatic nitrogens is 2. The first kappa shape index (κ1) is 13.5. The number of hydrogen-bond donors (Lipinski definition) is 2. The van der Waals surface area contributed by atoms with Crippen LogP contribution < -0.4 is 10.9 Å². The van der Waals surface area contributed by atoms with Crippen LogP contribution in [0, 0.1) is 0 Å². The van der Waals surface area contributed by atoms with Gasteiger partial charge in [0.25, 0.3) is 5.56 Å². The third-order valence-corrected chi connectivity index (χ3v) is 3.64. The van der Waals surface area contributed by atoms with Gasteiger partial charge in [0.05, 0.1) is 0 Å². The minimum atomic E-state index is -0.0388. The molecule has 0 radical (unpaired) electrons. The van der Waals surface area contributed by atoms with Crippen LogP contribution in [-0.4, -0.2) is 9.97 Å². The monoisotopic (exact) mass is 279 g/mol. The lowest BCUT2D eigenvalue weighted by atomic mass is 10.1. The Morgan fingerprint density at radius 1 is 1.19 bits per heavy atom. The van der Waals surface area contributed by atoms with Gasteiger partial charge in [-0.25, -0.2) is 0 Å². The summed E-state index contributed by atoms with van der Waals surface area (Å²) in [5.74, 6) is 0. The molecule has 1 aromatic carbocycles. The van der Waals surface area contributed by atoms with Crippen molar-refractivity contribution in [3.63, 3.8) is 0 Å². The fourth-order valence-electron chi connectivity index (χ4n) is 2.36. The molecule has 21 heavy (non-hydrogen) atoms. The van der Waals surface area contributed by atoms with E-state index in [1.54, 1.807) is 12.4 Å². The Morgan fingerprint density at radius 3 is 2.76 bits per heavy atom. The van der Waals surface area contributed by atoms with Crippen molar-refractivity contribution >= 4 is 10.9 Å². The molecule has 4 nitrogen and oxygen atoms in total. The van der Waals surface area contributed by atoms with Gasteiger partial charge in [0.1, 0.15) is 0 Å². The van der Waals surface area contributed by atoms with E-state index in [0.29, 0.717) is 6.54 Å². The SMILES string of the molecule is C[C@H](NCc1cc2ccccc2[nH]c1=O)c1ccncc1. The number of hydrogen-bond acceptors (Lipinski definition) is 3. The number of pyridine rings is 2. The van der Waals surface area contributed by atoms with Gasteiger partial charge in [0.2, 0.25) is 0 Å². The number of nitrogens with zero attached hydrogens (tertiary/aromatic N) is 1. The zero-order valence-electron chi connectivity index (χ0n) is 11.8. The van der Waals surface area contributed by atoms with Gasteiger partial charge in [-0.2, -0.15) is 0 Å². The highest BCUT2D eigenvalue weighted by Gasteiger charge is 2.07. The quantitative estimate of drug-likeness (QED) is 0.772. The highest BCUT2D eigenvalue weighted by molar-refractivity contribution is 5.78. The van der Waals surface area contributed by atoms with E-state index < -0.39 is 0 Å². The summed E-state index contributed by atoms with van der Waals surface area (Å²) in [6.07, 6.45) is 3.55. The smallest absolute Gasteiger partial charge is 0.252 e. The van der Waals surface area contributed by atoms with E-state index in [1.807, 2.05) is 42.5 Å². The van der Waals surface area contributed by atoms with Gasteiger partial charge >= 0.3 is 0 Å². The average molecular weight is 279 g/mol. The molecule has 0 aliphatic heterocycles. The van der Waals surface area contributed by atoms with E-state index in [9.17, 15) is 4.79 Å². The van der Waals surface area contributed by atoms with Gasteiger partial charge in [0.15, 0.2) is 0 Å². The number of fused-ring (bicyclic) bond motifs is 1. The molecule has 0 bridgehead atoms. The van der Waals surface area contributed by atoms with Crippen molar-refractivity contribution in [1.82, 2.24) is 15.3 Å². The number of rotatable bonds is 4. The number of benzene rings is 1. The van der Waals surface area contributed by atoms with E-state index in [2.05, 4.69) is 22.2 Å². The van der Waals surface area contributed by atoms with E-state index in [1.165, 1.54) is 0 Å². The first-order chi connectivity index (χ1) is 10.2. The molecule has 0 saturated carbocycles. The molecule has 0 amide bonds. The van der Waals surface area contributed by atoms with Crippen molar-refractivity contribution < 1.29 is 0 Å². The molecule has 4 heteroatoms. The molecule has 106 valence electrons. The molecule has 0 spiro atoms. The predicted molar refractivity (Wildman–Crippen MR) is 84.1 cm³/mol. The van der Waals surface area contributed by atoms with Crippen molar-refractivity contribution in [2.24, 2.45) is 0 Å². The van der Waals surface area contributed by atoms with Crippen LogP contribution in [0.3, 0.4) is 0 Å². The summed E-state index contributed by atoms with van der Waals surface area (Å²) in [4.78, 5) is 19.0. The Kier molecular flexibility index (Phi) is 3.79. The maximum atomic E-state index is 12.1. The molecular weight excluding hydrogens is 262 g/mol. The molecule has 0 saturated heterocycles. The van der Waals surface area contributed by atoms with Crippen molar-refractivity contribution in [2.45, 2.75) is 19.5 Å². The standard InChI is InChI=1S/C17H17N3O/c1-12(13-6-8-18-9-7-13)19-11-15-10-14-4-2-3-5-16(14)20-17(15)21/h2-10,12,19H,11H2,1H3,(H,20,21)/t12-/m0/s1. The summed E-state index contributed by atoms with van der Waals surface area (Å²) < 4.78 is 0. The summed E-state index contributed by atoms with van der Waals surface area (Å²) in [7, 11) is 0. The van der Waals surface area contributed by atoms with Crippen molar-refractivity contribution in [3.8, 4) is 0 Å². The Hall–Kier alpha value is -2.46. The number of aromatic amines is 1. The van der Waals surface area contributed by atoms with Crippen LogP contribution in [0.25, 0.3) is 10.9 Å². The first-order valence-corrected chi connectivity index (χ1v) is 6.98. The van der Waals surface area contributed by atoms with Crippen molar-refractivity contribution in [3.05, 3.63) is 76.3 Å². The molecule has 2 N–H and O–H groups in total. The highest BCUT2D eigenvalue weighted by atomic mass is 16.1. The van der Waals surface area contributed by atoms with E-state index >= 15 is 0 Å². The predicted octanol–water partition coefficient (Wildman–Crippen LogP) is 2.77. The van der Waals surface area contributed by atoms with E-state index in [4.69, 9.17) is 0 Å². The molecule has 3 rings (SSSR count). The molecule has 3 aromatic rings. The maximum Gasteiger partial charge on any atom is 0.252 e.